The van der Waals surface area contributed by atoms with Crippen LogP contribution in [-0.2, 0) is 4.79 Å². The summed E-state index contributed by atoms with van der Waals surface area (Å²) in [4.78, 5) is 31.6. The van der Waals surface area contributed by atoms with Gasteiger partial charge in [-0.3, -0.25) is 9.59 Å². The number of benzene rings is 3. The number of hydrogen-bond acceptors (Lipinski definition) is 7. The van der Waals surface area contributed by atoms with Gasteiger partial charge in [0.1, 0.15) is 0 Å². The normalized spacial score (nSPS) is 16.0. The first kappa shape index (κ1) is 29.6. The van der Waals surface area contributed by atoms with Crippen molar-refractivity contribution >= 4 is 17.5 Å². The Morgan fingerprint density at radius 3 is 2.15 bits per heavy atom. The van der Waals surface area contributed by atoms with E-state index in [0.29, 0.717) is 40.7 Å². The van der Waals surface area contributed by atoms with E-state index in [4.69, 9.17) is 18.9 Å². The third kappa shape index (κ3) is 6.04. The molecule has 0 aromatic heterocycles. The second-order valence-corrected chi connectivity index (χ2v) is 9.81. The quantitative estimate of drug-likeness (QED) is 0.322. The number of hydrogen-bond donors (Lipinski definition) is 1. The number of carbonyl (C=O) groups is 2. The largest absolute Gasteiger partial charge is 0.493 e. The van der Waals surface area contributed by atoms with Gasteiger partial charge in [-0.15, -0.1) is 0 Å². The smallest absolute Gasteiger partial charge is 0.254 e. The lowest BCUT2D eigenvalue weighted by atomic mass is 9.79. The Kier molecular flexibility index (Phi) is 9.60. The monoisotopic (exact) mass is 561 g/mol. The molecule has 1 aliphatic heterocycles. The number of methoxy groups -OCH3 is 4. The number of likely N-dealkylation sites (N-methyl/N-ethyl adjacent to an activating group) is 1. The lowest BCUT2D eigenvalue weighted by molar-refractivity contribution is -0.124. The zero-order chi connectivity index (χ0) is 29.5. The van der Waals surface area contributed by atoms with Gasteiger partial charge in [-0.2, -0.15) is 0 Å². The molecule has 3 aromatic rings. The van der Waals surface area contributed by atoms with E-state index in [1.54, 1.807) is 44.4 Å². The average Bonchev–Trinajstić information content (AvgIpc) is 3.01. The van der Waals surface area contributed by atoms with Crippen molar-refractivity contribution in [3.63, 3.8) is 0 Å². The van der Waals surface area contributed by atoms with Crippen molar-refractivity contribution in [2.45, 2.75) is 25.3 Å². The maximum Gasteiger partial charge on any atom is 0.254 e. The topological polar surface area (TPSA) is 89.6 Å². The molecule has 1 heterocycles. The van der Waals surface area contributed by atoms with Gasteiger partial charge in [0.2, 0.25) is 5.91 Å². The summed E-state index contributed by atoms with van der Waals surface area (Å²) in [7, 11) is 7.89. The van der Waals surface area contributed by atoms with Crippen molar-refractivity contribution in [3.05, 3.63) is 77.4 Å². The number of carbonyl (C=O) groups excluding carboxylic acids is 2. The second kappa shape index (κ2) is 13.3. The summed E-state index contributed by atoms with van der Waals surface area (Å²) in [6, 6.07) is 18.5. The fraction of sp³-hybridized carbons (Fsp3) is 0.375. The highest BCUT2D eigenvalue weighted by molar-refractivity contribution is 6.02. The van der Waals surface area contributed by atoms with Crippen molar-refractivity contribution in [1.29, 1.82) is 0 Å². The van der Waals surface area contributed by atoms with Crippen LogP contribution in [0, 0.1) is 0 Å². The molecule has 0 unspecified atom stereocenters. The molecule has 2 amide bonds. The zero-order valence-corrected chi connectivity index (χ0v) is 24.6. The molecule has 0 spiro atoms. The first-order valence-corrected chi connectivity index (χ1v) is 13.7. The number of fused-ring (bicyclic) bond motifs is 1. The van der Waals surface area contributed by atoms with Crippen molar-refractivity contribution in [2.75, 3.05) is 60.0 Å². The van der Waals surface area contributed by atoms with E-state index in [2.05, 4.69) is 29.3 Å². The molecule has 0 saturated carbocycles. The molecular formula is C32H39N3O6. The zero-order valence-electron chi connectivity index (χ0n) is 24.6. The molecule has 4 rings (SSSR count). The van der Waals surface area contributed by atoms with E-state index in [9.17, 15) is 9.59 Å². The average molecular weight is 562 g/mol. The van der Waals surface area contributed by atoms with Gasteiger partial charge in [0.15, 0.2) is 23.0 Å². The van der Waals surface area contributed by atoms with Crippen molar-refractivity contribution in [1.82, 2.24) is 10.2 Å². The molecule has 0 aliphatic carbocycles. The summed E-state index contributed by atoms with van der Waals surface area (Å²) < 4.78 is 22.0. The number of nitrogens with one attached hydrogen (secondary N) is 1. The maximum atomic E-state index is 14.0. The minimum absolute atomic E-state index is 0.180. The summed E-state index contributed by atoms with van der Waals surface area (Å²) in [6.45, 7) is 4.26. The van der Waals surface area contributed by atoms with Crippen LogP contribution in [-0.4, -0.2) is 71.8 Å². The van der Waals surface area contributed by atoms with Gasteiger partial charge in [0.05, 0.1) is 40.4 Å². The Bertz CT molecular complexity index is 1360. The van der Waals surface area contributed by atoms with Crippen LogP contribution in [0.5, 0.6) is 23.0 Å². The van der Waals surface area contributed by atoms with Crippen LogP contribution >= 0.6 is 0 Å². The fourth-order valence-electron chi connectivity index (χ4n) is 5.48. The summed E-state index contributed by atoms with van der Waals surface area (Å²) in [6.07, 6.45) is 0.760. The fourth-order valence-corrected chi connectivity index (χ4v) is 5.48. The van der Waals surface area contributed by atoms with Crippen LogP contribution in [0.1, 0.15) is 46.8 Å². The first-order chi connectivity index (χ1) is 19.9. The third-order valence-electron chi connectivity index (χ3n) is 7.61. The van der Waals surface area contributed by atoms with E-state index in [1.165, 1.54) is 14.2 Å². The number of ether oxygens (including phenoxy) is 4. The maximum absolute atomic E-state index is 14.0. The summed E-state index contributed by atoms with van der Waals surface area (Å²) >= 11 is 0. The molecule has 9 nitrogen and oxygen atoms in total. The van der Waals surface area contributed by atoms with E-state index in [0.717, 1.165) is 30.8 Å². The van der Waals surface area contributed by atoms with Gasteiger partial charge >= 0.3 is 0 Å². The molecule has 41 heavy (non-hydrogen) atoms. The van der Waals surface area contributed by atoms with E-state index in [-0.39, 0.29) is 11.8 Å². The predicted molar refractivity (Wildman–Crippen MR) is 159 cm³/mol. The van der Waals surface area contributed by atoms with Crippen LogP contribution < -0.4 is 29.2 Å². The molecule has 1 aliphatic rings. The highest BCUT2D eigenvalue weighted by Gasteiger charge is 2.43. The summed E-state index contributed by atoms with van der Waals surface area (Å²) in [5.41, 5.74) is 2.89. The standard InChI is InChI=1S/C32H39N3O6/c1-7-35(22-12-9-8-10-13-22)17-11-16-33-31(36)29-23-19-27(40-5)28(41-6)20-24(23)32(37)34(2)30(29)21-14-15-25(38-3)26(18-21)39-4/h8-10,12-15,18-20,29-30H,7,11,16-17H2,1-6H3,(H,33,36)/t29-,30-/m1/s1. The number of amides is 2. The van der Waals surface area contributed by atoms with Crippen LogP contribution in [0.15, 0.2) is 60.7 Å². The van der Waals surface area contributed by atoms with E-state index in [1.807, 2.05) is 30.3 Å². The van der Waals surface area contributed by atoms with Crippen molar-refractivity contribution < 1.29 is 28.5 Å². The molecular weight excluding hydrogens is 522 g/mol. The van der Waals surface area contributed by atoms with E-state index < -0.39 is 12.0 Å². The molecule has 218 valence electrons. The highest BCUT2D eigenvalue weighted by Crippen LogP contribution is 2.46. The van der Waals surface area contributed by atoms with E-state index >= 15 is 0 Å². The second-order valence-electron chi connectivity index (χ2n) is 9.81. The molecule has 0 saturated heterocycles. The van der Waals surface area contributed by atoms with Gasteiger partial charge in [-0.25, -0.2) is 0 Å². The Balaban J connectivity index is 1.67. The third-order valence-corrected chi connectivity index (χ3v) is 7.61. The number of para-hydroxylation sites is 1. The summed E-state index contributed by atoms with van der Waals surface area (Å²) in [5, 5.41) is 3.14. The lowest BCUT2D eigenvalue weighted by Crippen LogP contribution is -2.46. The van der Waals surface area contributed by atoms with Crippen LogP contribution in [0.25, 0.3) is 0 Å². The van der Waals surface area contributed by atoms with Gasteiger partial charge < -0.3 is 34.1 Å². The number of nitrogens with zero attached hydrogens (tertiary/aromatic N) is 2. The Labute approximate surface area is 241 Å². The molecule has 0 fully saturated rings. The van der Waals surface area contributed by atoms with Gasteiger partial charge in [0.25, 0.3) is 5.91 Å². The number of anilines is 1. The first-order valence-electron chi connectivity index (χ1n) is 13.7. The molecule has 0 bridgehead atoms. The highest BCUT2D eigenvalue weighted by atomic mass is 16.5. The molecule has 2 atom stereocenters. The molecule has 9 heteroatoms. The lowest BCUT2D eigenvalue weighted by Gasteiger charge is -2.40. The Morgan fingerprint density at radius 2 is 1.51 bits per heavy atom. The minimum Gasteiger partial charge on any atom is -0.493 e. The SMILES string of the molecule is CCN(CCCNC(=O)[C@@H]1c2cc(OC)c(OC)cc2C(=O)N(C)[C@@H]1c1ccc(OC)c(OC)c1)c1ccccc1. The van der Waals surface area contributed by atoms with Gasteiger partial charge in [-0.05, 0) is 60.9 Å². The minimum atomic E-state index is -0.706. The van der Waals surface area contributed by atoms with Gasteiger partial charge in [0, 0.05) is 37.9 Å². The number of rotatable bonds is 12. The summed E-state index contributed by atoms with van der Waals surface area (Å²) in [5.74, 6) is 0.858. The Morgan fingerprint density at radius 1 is 0.878 bits per heavy atom. The molecule has 3 aromatic carbocycles. The predicted octanol–water partition coefficient (Wildman–Crippen LogP) is 4.66. The molecule has 1 N–H and O–H groups in total. The van der Waals surface area contributed by atoms with Crippen LogP contribution in [0.3, 0.4) is 0 Å². The van der Waals surface area contributed by atoms with Crippen molar-refractivity contribution in [2.24, 2.45) is 0 Å². The van der Waals surface area contributed by atoms with Crippen LogP contribution in [0.4, 0.5) is 5.69 Å². The van der Waals surface area contributed by atoms with Gasteiger partial charge in [-0.1, -0.05) is 24.3 Å². The Hall–Kier alpha value is -4.40. The van der Waals surface area contributed by atoms with Crippen LogP contribution in [0.2, 0.25) is 0 Å². The molecule has 0 radical (unpaired) electrons. The van der Waals surface area contributed by atoms with Crippen molar-refractivity contribution in [3.8, 4) is 23.0 Å².